The van der Waals surface area contributed by atoms with Crippen LogP contribution in [0.3, 0.4) is 0 Å². The average Bonchev–Trinajstić information content (AvgIpc) is 2.49. The van der Waals surface area contributed by atoms with Gasteiger partial charge in [-0.05, 0) is 11.8 Å². The zero-order valence-corrected chi connectivity index (χ0v) is 9.45. The fourth-order valence-electron chi connectivity index (χ4n) is 2.00. The molecule has 4 nitrogen and oxygen atoms in total. The predicted molar refractivity (Wildman–Crippen MR) is 58.4 cm³/mol. The van der Waals surface area contributed by atoms with Crippen molar-refractivity contribution in [3.05, 3.63) is 12.3 Å². The first-order valence-electron chi connectivity index (χ1n) is 5.28. The lowest BCUT2D eigenvalue weighted by atomic mass is 9.84. The van der Waals surface area contributed by atoms with Crippen molar-refractivity contribution in [2.75, 3.05) is 5.32 Å². The number of anilines is 1. The van der Waals surface area contributed by atoms with Gasteiger partial charge in [0.25, 0.3) is 0 Å². The highest BCUT2D eigenvalue weighted by atomic mass is 16.2. The van der Waals surface area contributed by atoms with Crippen LogP contribution < -0.4 is 5.32 Å². The summed E-state index contributed by atoms with van der Waals surface area (Å²) in [5, 5.41) is 7.05. The summed E-state index contributed by atoms with van der Waals surface area (Å²) < 4.78 is 1.86. The molecule has 2 rings (SSSR count). The van der Waals surface area contributed by atoms with Gasteiger partial charge in [-0.25, -0.2) is 4.68 Å². The Kier molecular flexibility index (Phi) is 2.29. The Morgan fingerprint density at radius 1 is 1.60 bits per heavy atom. The topological polar surface area (TPSA) is 46.9 Å². The number of aromatic nitrogens is 2. The fraction of sp³-hybridized carbons (Fsp3) is 0.636. The van der Waals surface area contributed by atoms with E-state index in [0.717, 1.165) is 12.2 Å². The van der Waals surface area contributed by atoms with Crippen LogP contribution >= 0.6 is 0 Å². The molecule has 1 aliphatic heterocycles. The Morgan fingerprint density at radius 3 is 3.00 bits per heavy atom. The Bertz CT molecular complexity index is 375. The summed E-state index contributed by atoms with van der Waals surface area (Å²) in [6.45, 7) is 7.15. The normalized spacial score (nSPS) is 21.0. The number of hydrogen-bond acceptors (Lipinski definition) is 2. The number of nitrogens with one attached hydrogen (secondary N) is 1. The van der Waals surface area contributed by atoms with Gasteiger partial charge in [-0.3, -0.25) is 4.79 Å². The third-order valence-corrected chi connectivity index (χ3v) is 2.59. The molecular weight excluding hydrogens is 190 g/mol. The predicted octanol–water partition coefficient (Wildman–Crippen LogP) is 1.89. The molecule has 0 saturated heterocycles. The molecule has 4 heteroatoms. The molecule has 0 bridgehead atoms. The summed E-state index contributed by atoms with van der Waals surface area (Å²) in [5.41, 5.74) is 0.173. The highest BCUT2D eigenvalue weighted by Crippen LogP contribution is 2.29. The highest BCUT2D eigenvalue weighted by Gasteiger charge is 2.29. The number of rotatable bonds is 1. The molecule has 1 amide bonds. The molecule has 0 aromatic carbocycles. The van der Waals surface area contributed by atoms with Crippen molar-refractivity contribution in [2.45, 2.75) is 33.7 Å². The molecule has 82 valence electrons. The molecule has 2 heterocycles. The number of nitrogens with zero attached hydrogens (tertiary/aromatic N) is 2. The first-order valence-corrected chi connectivity index (χ1v) is 5.28. The van der Waals surface area contributed by atoms with Gasteiger partial charge in [0.2, 0.25) is 5.91 Å². The highest BCUT2D eigenvalue weighted by molar-refractivity contribution is 5.92. The second-order valence-corrected chi connectivity index (χ2v) is 5.35. The van der Waals surface area contributed by atoms with Crippen LogP contribution in [-0.4, -0.2) is 15.7 Å². The van der Waals surface area contributed by atoms with Crippen molar-refractivity contribution in [3.63, 3.8) is 0 Å². The molecule has 1 aliphatic rings. The number of fused-ring (bicyclic) bond motifs is 1. The molecule has 0 aliphatic carbocycles. The van der Waals surface area contributed by atoms with Crippen LogP contribution in [0, 0.1) is 11.3 Å². The number of amides is 1. The first kappa shape index (κ1) is 10.2. The van der Waals surface area contributed by atoms with E-state index in [1.54, 1.807) is 6.20 Å². The van der Waals surface area contributed by atoms with E-state index < -0.39 is 0 Å². The van der Waals surface area contributed by atoms with Gasteiger partial charge in [0.15, 0.2) is 0 Å². The molecule has 1 unspecified atom stereocenters. The van der Waals surface area contributed by atoms with Crippen molar-refractivity contribution in [1.29, 1.82) is 0 Å². The van der Waals surface area contributed by atoms with E-state index in [2.05, 4.69) is 31.2 Å². The SMILES string of the molecule is CC(C)(C)CC1Cn2nccc2NC1=O. The van der Waals surface area contributed by atoms with Gasteiger partial charge in [-0.1, -0.05) is 20.8 Å². The van der Waals surface area contributed by atoms with E-state index in [-0.39, 0.29) is 17.2 Å². The Labute approximate surface area is 89.7 Å². The molecule has 1 aromatic heterocycles. The van der Waals surface area contributed by atoms with Crippen LogP contribution in [0.15, 0.2) is 12.3 Å². The van der Waals surface area contributed by atoms with E-state index in [9.17, 15) is 4.79 Å². The summed E-state index contributed by atoms with van der Waals surface area (Å²) >= 11 is 0. The molecule has 1 aromatic rings. The summed E-state index contributed by atoms with van der Waals surface area (Å²) in [6.07, 6.45) is 2.60. The smallest absolute Gasteiger partial charge is 0.230 e. The molecule has 0 saturated carbocycles. The van der Waals surface area contributed by atoms with Crippen molar-refractivity contribution in [1.82, 2.24) is 9.78 Å². The summed E-state index contributed by atoms with van der Waals surface area (Å²) in [4.78, 5) is 11.8. The molecule has 1 N–H and O–H groups in total. The quantitative estimate of drug-likeness (QED) is 0.764. The second kappa shape index (κ2) is 3.36. The third kappa shape index (κ3) is 2.19. The van der Waals surface area contributed by atoms with Crippen LogP contribution in [-0.2, 0) is 11.3 Å². The zero-order chi connectivity index (χ0) is 11.1. The van der Waals surface area contributed by atoms with Crippen LogP contribution in [0.2, 0.25) is 0 Å². The minimum Gasteiger partial charge on any atom is -0.311 e. The van der Waals surface area contributed by atoms with Crippen LogP contribution in [0.5, 0.6) is 0 Å². The zero-order valence-electron chi connectivity index (χ0n) is 9.45. The van der Waals surface area contributed by atoms with Gasteiger partial charge in [0.05, 0.1) is 18.7 Å². The van der Waals surface area contributed by atoms with E-state index in [0.29, 0.717) is 6.54 Å². The van der Waals surface area contributed by atoms with E-state index in [1.807, 2.05) is 10.7 Å². The van der Waals surface area contributed by atoms with E-state index >= 15 is 0 Å². The molecular formula is C11H17N3O. The number of carbonyl (C=O) groups excluding carboxylic acids is 1. The van der Waals surface area contributed by atoms with Crippen LogP contribution in [0.25, 0.3) is 0 Å². The molecule has 15 heavy (non-hydrogen) atoms. The largest absolute Gasteiger partial charge is 0.311 e. The number of carbonyl (C=O) groups is 1. The van der Waals surface area contributed by atoms with Crippen LogP contribution in [0.4, 0.5) is 5.82 Å². The van der Waals surface area contributed by atoms with Gasteiger partial charge in [-0.2, -0.15) is 5.10 Å². The van der Waals surface area contributed by atoms with Gasteiger partial charge < -0.3 is 5.32 Å². The first-order chi connectivity index (χ1) is 6.96. The van der Waals surface area contributed by atoms with E-state index in [4.69, 9.17) is 0 Å². The van der Waals surface area contributed by atoms with Crippen LogP contribution in [0.1, 0.15) is 27.2 Å². The summed E-state index contributed by atoms with van der Waals surface area (Å²) in [6, 6.07) is 1.82. The lowest BCUT2D eigenvalue weighted by molar-refractivity contribution is -0.122. The van der Waals surface area contributed by atoms with Crippen molar-refractivity contribution >= 4 is 11.7 Å². The molecule has 0 radical (unpaired) electrons. The maximum absolute atomic E-state index is 11.8. The minimum absolute atomic E-state index is 0.0393. The Morgan fingerprint density at radius 2 is 2.33 bits per heavy atom. The standard InChI is InChI=1S/C11H17N3O/c1-11(2,3)6-8-7-14-9(4-5-12-14)13-10(8)15/h4-5,8H,6-7H2,1-3H3,(H,13,15). The summed E-state index contributed by atoms with van der Waals surface area (Å²) in [7, 11) is 0. The van der Waals surface area contributed by atoms with Gasteiger partial charge in [0, 0.05) is 6.07 Å². The van der Waals surface area contributed by atoms with E-state index in [1.165, 1.54) is 0 Å². The van der Waals surface area contributed by atoms with Crippen molar-refractivity contribution in [2.24, 2.45) is 11.3 Å². The average molecular weight is 207 g/mol. The Balaban J connectivity index is 2.14. The lowest BCUT2D eigenvalue weighted by Crippen LogP contribution is -2.35. The molecule has 0 fully saturated rings. The lowest BCUT2D eigenvalue weighted by Gasteiger charge is -2.28. The fourth-order valence-corrected chi connectivity index (χ4v) is 2.00. The monoisotopic (exact) mass is 207 g/mol. The molecule has 1 atom stereocenters. The minimum atomic E-state index is 0.0393. The van der Waals surface area contributed by atoms with Gasteiger partial charge >= 0.3 is 0 Å². The van der Waals surface area contributed by atoms with Gasteiger partial charge in [-0.15, -0.1) is 0 Å². The van der Waals surface area contributed by atoms with Crippen molar-refractivity contribution < 1.29 is 4.79 Å². The number of hydrogen-bond donors (Lipinski definition) is 1. The maximum atomic E-state index is 11.8. The van der Waals surface area contributed by atoms with Gasteiger partial charge in [0.1, 0.15) is 5.82 Å². The van der Waals surface area contributed by atoms with Crippen molar-refractivity contribution in [3.8, 4) is 0 Å². The second-order valence-electron chi connectivity index (χ2n) is 5.35. The maximum Gasteiger partial charge on any atom is 0.230 e. The Hall–Kier alpha value is -1.32. The third-order valence-electron chi connectivity index (χ3n) is 2.59. The molecule has 0 spiro atoms. The summed E-state index contributed by atoms with van der Waals surface area (Å²) in [5.74, 6) is 0.973.